The molecular formula is C4H10Cl3O3P. The van der Waals surface area contributed by atoms with Crippen LogP contribution in [-0.4, -0.2) is 15.3 Å². The van der Waals surface area contributed by atoms with Gasteiger partial charge < -0.3 is 4.89 Å². The summed E-state index contributed by atoms with van der Waals surface area (Å²) in [7, 11) is -3.01. The normalized spacial score (nSPS) is 13.3. The van der Waals surface area contributed by atoms with Crippen molar-refractivity contribution in [1.29, 1.82) is 0 Å². The van der Waals surface area contributed by atoms with Crippen molar-refractivity contribution in [2.45, 2.75) is 18.4 Å². The largest absolute Gasteiger partial charge is 0.326 e. The van der Waals surface area contributed by atoms with Crippen LogP contribution in [0.4, 0.5) is 0 Å². The van der Waals surface area contributed by atoms with Crippen LogP contribution in [0.25, 0.3) is 0 Å². The van der Waals surface area contributed by atoms with Gasteiger partial charge in [-0.05, 0) is 6.92 Å². The second-order valence-electron chi connectivity index (χ2n) is 1.44. The Morgan fingerprint density at radius 1 is 1.64 bits per heavy atom. The third kappa shape index (κ3) is 24.7. The Morgan fingerprint density at radius 2 is 1.91 bits per heavy atom. The molecular weight excluding hydrogens is 233 g/mol. The van der Waals surface area contributed by atoms with E-state index in [1.807, 2.05) is 6.92 Å². The zero-order valence-corrected chi connectivity index (χ0v) is 9.37. The molecule has 0 aliphatic heterocycles. The summed E-state index contributed by atoms with van der Waals surface area (Å²) < 4.78 is 12.3. The van der Waals surface area contributed by atoms with Crippen molar-refractivity contribution in [2.75, 3.05) is 5.88 Å². The van der Waals surface area contributed by atoms with E-state index >= 15 is 0 Å². The molecule has 0 heterocycles. The minimum absolute atomic E-state index is 0.722. The molecule has 0 aliphatic rings. The van der Waals surface area contributed by atoms with E-state index in [1.54, 1.807) is 0 Å². The number of hydrogen-bond acceptors (Lipinski definition) is 2. The summed E-state index contributed by atoms with van der Waals surface area (Å²) in [6.45, 7) is 3.15. The van der Waals surface area contributed by atoms with E-state index in [2.05, 4.69) is 4.52 Å². The highest BCUT2D eigenvalue weighted by molar-refractivity contribution is 7.32. The smallest absolute Gasteiger partial charge is 0.319 e. The van der Waals surface area contributed by atoms with Gasteiger partial charge in [0.15, 0.2) is 0 Å². The van der Waals surface area contributed by atoms with Gasteiger partial charge >= 0.3 is 8.25 Å². The van der Waals surface area contributed by atoms with Gasteiger partial charge in [0, 0.05) is 5.88 Å². The van der Waals surface area contributed by atoms with Gasteiger partial charge in [-0.15, -0.1) is 11.6 Å². The van der Waals surface area contributed by atoms with Crippen molar-refractivity contribution in [3.05, 3.63) is 0 Å². The van der Waals surface area contributed by atoms with E-state index in [1.165, 1.54) is 6.92 Å². The van der Waals surface area contributed by atoms with Crippen LogP contribution in [0.3, 0.4) is 0 Å². The van der Waals surface area contributed by atoms with Crippen LogP contribution in [0, 0.1) is 0 Å². The lowest BCUT2D eigenvalue weighted by Crippen LogP contribution is -2.05. The van der Waals surface area contributed by atoms with E-state index in [-0.39, 0.29) is 0 Å². The van der Waals surface area contributed by atoms with Gasteiger partial charge in [-0.2, -0.15) is 0 Å². The fourth-order valence-electron chi connectivity index (χ4n) is 0.153. The molecule has 0 aromatic rings. The quantitative estimate of drug-likeness (QED) is 0.599. The first-order chi connectivity index (χ1) is 4.83. The van der Waals surface area contributed by atoms with Gasteiger partial charge in [0.2, 0.25) is 4.52 Å². The highest BCUT2D eigenvalue weighted by atomic mass is 35.5. The third-order valence-corrected chi connectivity index (χ3v) is 1.26. The second-order valence-corrected chi connectivity index (χ2v) is 4.35. The summed E-state index contributed by atoms with van der Waals surface area (Å²) >= 11 is 15.3. The van der Waals surface area contributed by atoms with Crippen LogP contribution in [0.5, 0.6) is 0 Å². The summed E-state index contributed by atoms with van der Waals surface area (Å²) in [4.78, 5) is 8.04. The maximum Gasteiger partial charge on any atom is 0.319 e. The molecule has 3 nitrogen and oxygen atoms in total. The van der Waals surface area contributed by atoms with Crippen LogP contribution in [-0.2, 0) is 9.09 Å². The Hall–Kier alpha value is 1.02. The molecule has 0 radical (unpaired) electrons. The highest BCUT2D eigenvalue weighted by Crippen LogP contribution is 2.32. The molecule has 0 rings (SSSR count). The van der Waals surface area contributed by atoms with Crippen LogP contribution in [0.2, 0.25) is 0 Å². The fraction of sp³-hybridized carbons (Fsp3) is 1.00. The van der Waals surface area contributed by atoms with Crippen LogP contribution < -0.4 is 0 Å². The summed E-state index contributed by atoms with van der Waals surface area (Å²) in [6.07, 6.45) is 0. The molecule has 0 amide bonds. The first-order valence-corrected chi connectivity index (χ1v) is 5.24. The van der Waals surface area contributed by atoms with Crippen molar-refractivity contribution in [3.8, 4) is 0 Å². The zero-order valence-electron chi connectivity index (χ0n) is 6.10. The number of hydrogen-bond donors (Lipinski definition) is 1. The van der Waals surface area contributed by atoms with E-state index in [9.17, 15) is 4.57 Å². The number of halogens is 3. The van der Waals surface area contributed by atoms with Gasteiger partial charge in [-0.1, -0.05) is 30.1 Å². The minimum atomic E-state index is -3.01. The fourth-order valence-corrected chi connectivity index (χ4v) is 0.856. The molecule has 0 aromatic carbocycles. The van der Waals surface area contributed by atoms with E-state index < -0.39 is 12.8 Å². The lowest BCUT2D eigenvalue weighted by molar-refractivity contribution is 0.239. The van der Waals surface area contributed by atoms with Gasteiger partial charge in [0.1, 0.15) is 0 Å². The molecule has 1 atom stereocenters. The van der Waals surface area contributed by atoms with Crippen molar-refractivity contribution in [2.24, 2.45) is 0 Å². The first kappa shape index (κ1) is 14.5. The maximum atomic E-state index is 9.81. The summed E-state index contributed by atoms with van der Waals surface area (Å²) in [5, 5.41) is 0. The topological polar surface area (TPSA) is 46.5 Å². The standard InChI is InChI=1S/C2H5Cl2O3P.C2H5Cl/c1-2(3,4)7-8(5)6;1-2-3/h8H,1H3,(H,5,6);2H2,1H3. The molecule has 0 saturated carbocycles. The Labute approximate surface area is 81.5 Å². The van der Waals surface area contributed by atoms with Gasteiger partial charge in [0.25, 0.3) is 0 Å². The molecule has 70 valence electrons. The number of rotatable bonds is 2. The molecule has 0 aliphatic carbocycles. The first-order valence-electron chi connectivity index (χ1n) is 2.69. The van der Waals surface area contributed by atoms with Crippen molar-refractivity contribution >= 4 is 43.1 Å². The molecule has 0 saturated heterocycles. The Bertz CT molecular complexity index is 114. The Kier molecular flexibility index (Phi) is 10.1. The van der Waals surface area contributed by atoms with Gasteiger partial charge in [0.05, 0.1) is 0 Å². The molecule has 1 N–H and O–H groups in total. The van der Waals surface area contributed by atoms with Gasteiger partial charge in [-0.25, -0.2) is 0 Å². The predicted octanol–water partition coefficient (Wildman–Crippen LogP) is 2.78. The van der Waals surface area contributed by atoms with Crippen LogP contribution in [0.1, 0.15) is 13.8 Å². The molecule has 0 aromatic heterocycles. The molecule has 0 spiro atoms. The van der Waals surface area contributed by atoms with Crippen molar-refractivity contribution < 1.29 is 14.0 Å². The summed E-state index contributed by atoms with van der Waals surface area (Å²) in [6, 6.07) is 0. The molecule has 7 heteroatoms. The lowest BCUT2D eigenvalue weighted by Gasteiger charge is -2.09. The number of alkyl halides is 3. The van der Waals surface area contributed by atoms with E-state index in [0.717, 1.165) is 5.88 Å². The highest BCUT2D eigenvalue weighted by Gasteiger charge is 2.18. The van der Waals surface area contributed by atoms with Gasteiger partial charge in [-0.3, -0.25) is 9.09 Å². The van der Waals surface area contributed by atoms with Crippen molar-refractivity contribution in [1.82, 2.24) is 0 Å². The molecule has 0 fully saturated rings. The van der Waals surface area contributed by atoms with Crippen LogP contribution >= 0.6 is 43.1 Å². The van der Waals surface area contributed by atoms with Crippen molar-refractivity contribution in [3.63, 3.8) is 0 Å². The van der Waals surface area contributed by atoms with E-state index in [4.69, 9.17) is 39.7 Å². The Balaban J connectivity index is 0. The van der Waals surface area contributed by atoms with E-state index in [0.29, 0.717) is 0 Å². The molecule has 11 heavy (non-hydrogen) atoms. The summed E-state index contributed by atoms with van der Waals surface area (Å²) in [5.74, 6) is 0.722. The zero-order chi connectivity index (χ0) is 9.49. The average molecular weight is 243 g/mol. The molecule has 0 bridgehead atoms. The SMILES string of the molecule is CC(Cl)(Cl)O[PH](=O)O.CCCl. The maximum absolute atomic E-state index is 9.81. The monoisotopic (exact) mass is 242 g/mol. The molecule has 1 unspecified atom stereocenters. The lowest BCUT2D eigenvalue weighted by atomic mass is 10.9. The second kappa shape index (κ2) is 7.66. The minimum Gasteiger partial charge on any atom is -0.326 e. The summed E-state index contributed by atoms with van der Waals surface area (Å²) in [5.41, 5.74) is 0. The third-order valence-electron chi connectivity index (χ3n) is 0.267. The van der Waals surface area contributed by atoms with Crippen LogP contribution in [0.15, 0.2) is 0 Å². The average Bonchev–Trinajstić information content (AvgIpc) is 1.57. The predicted molar refractivity (Wildman–Crippen MR) is 48.8 cm³/mol. The Morgan fingerprint density at radius 3 is 1.91 bits per heavy atom.